The van der Waals surface area contributed by atoms with Crippen molar-refractivity contribution in [3.05, 3.63) is 12.7 Å². The van der Waals surface area contributed by atoms with Gasteiger partial charge in [0.15, 0.2) is 0 Å². The molecule has 0 rings (SSSR count). The summed E-state index contributed by atoms with van der Waals surface area (Å²) in [5, 5.41) is 0. The lowest BCUT2D eigenvalue weighted by Gasteiger charge is -2.01. The van der Waals surface area contributed by atoms with E-state index in [-0.39, 0.29) is 0 Å². The van der Waals surface area contributed by atoms with E-state index in [1.165, 1.54) is 6.08 Å². The van der Waals surface area contributed by atoms with Crippen LogP contribution in [0.15, 0.2) is 12.7 Å². The molecule has 0 N–H and O–H groups in total. The third kappa shape index (κ3) is 4.75. The number of hydrogen-bond acceptors (Lipinski definition) is 0. The second-order valence-corrected chi connectivity index (χ2v) is 3.97. The summed E-state index contributed by atoms with van der Waals surface area (Å²) in [4.78, 5) is 0. The summed E-state index contributed by atoms with van der Waals surface area (Å²) < 4.78 is -0.833. The Morgan fingerprint density at radius 2 is 1.83 bits per heavy atom. The van der Waals surface area contributed by atoms with Gasteiger partial charge in [-0.3, -0.25) is 0 Å². The van der Waals surface area contributed by atoms with Crippen molar-refractivity contribution in [1.29, 1.82) is 0 Å². The number of hydrogen-bond donors (Lipinski definition) is 0. The van der Waals surface area contributed by atoms with Crippen LogP contribution < -0.4 is 0 Å². The van der Waals surface area contributed by atoms with Gasteiger partial charge in [-0.1, -0.05) is 45.1 Å². The predicted molar refractivity (Wildman–Crippen MR) is 34.3 cm³/mol. The van der Waals surface area contributed by atoms with Crippen molar-refractivity contribution in [3.63, 3.8) is 0 Å². The van der Waals surface area contributed by atoms with Crippen molar-refractivity contribution >= 4 is 32.4 Å². The molecule has 0 aromatic heterocycles. The Morgan fingerprint density at radius 1 is 1.67 bits per heavy atom. The number of rotatable bonds is 1. The maximum absolute atomic E-state index is 5.33. The molecule has 0 radical (unpaired) electrons. The molecule has 0 saturated carbocycles. The Hall–Kier alpha value is 0.750. The lowest BCUT2D eigenvalue weighted by atomic mass is 10.7. The van der Waals surface area contributed by atoms with Gasteiger partial charge in [0.05, 0.1) is 0 Å². The Kier molecular flexibility index (Phi) is 2.43. The fourth-order valence-electron chi connectivity index (χ4n) is 0. The standard InChI is InChI=1S/C3H5Cl2P/c1-2-3(4,5)6/h2H,1,6H2. The van der Waals surface area contributed by atoms with Crippen LogP contribution >= 0.6 is 32.4 Å². The van der Waals surface area contributed by atoms with E-state index in [0.29, 0.717) is 0 Å². The molecule has 0 bridgehead atoms. The third-order valence-electron chi connectivity index (χ3n) is 0.272. The van der Waals surface area contributed by atoms with Gasteiger partial charge in [-0.2, -0.15) is 0 Å². The van der Waals surface area contributed by atoms with Crippen molar-refractivity contribution in [1.82, 2.24) is 0 Å². The van der Waals surface area contributed by atoms with Gasteiger partial charge in [-0.25, -0.2) is 0 Å². The molecular weight excluding hydrogens is 138 g/mol. The molecule has 0 spiro atoms. The SMILES string of the molecule is C=CC(P)(Cl)Cl. The molecule has 1 atom stereocenters. The monoisotopic (exact) mass is 142 g/mol. The van der Waals surface area contributed by atoms with E-state index in [9.17, 15) is 0 Å². The number of allylic oxidation sites excluding steroid dienone is 1. The average Bonchev–Trinajstić information content (AvgIpc) is 1.35. The molecule has 0 aromatic rings. The Morgan fingerprint density at radius 3 is 1.83 bits per heavy atom. The zero-order chi connectivity index (χ0) is 5.21. The molecule has 0 nitrogen and oxygen atoms in total. The van der Waals surface area contributed by atoms with Crippen LogP contribution in [0.25, 0.3) is 0 Å². The van der Waals surface area contributed by atoms with Gasteiger partial charge in [-0.15, -0.1) is 0 Å². The highest BCUT2D eigenvalue weighted by atomic mass is 35.5. The zero-order valence-corrected chi connectivity index (χ0v) is 5.78. The normalized spacial score (nSPS) is 11.2. The zero-order valence-electron chi connectivity index (χ0n) is 3.12. The first-order chi connectivity index (χ1) is 2.56. The van der Waals surface area contributed by atoms with E-state index in [1.807, 2.05) is 0 Å². The lowest BCUT2D eigenvalue weighted by molar-refractivity contribution is 1.51. The van der Waals surface area contributed by atoms with Crippen molar-refractivity contribution < 1.29 is 0 Å². The maximum atomic E-state index is 5.33. The van der Waals surface area contributed by atoms with E-state index in [2.05, 4.69) is 15.8 Å². The van der Waals surface area contributed by atoms with Gasteiger partial charge >= 0.3 is 0 Å². The van der Waals surface area contributed by atoms with Crippen LogP contribution in [-0.4, -0.2) is 4.07 Å². The molecule has 6 heavy (non-hydrogen) atoms. The van der Waals surface area contributed by atoms with Crippen molar-refractivity contribution in [2.24, 2.45) is 0 Å². The molecule has 0 fully saturated rings. The Labute approximate surface area is 49.7 Å². The molecule has 0 aliphatic carbocycles. The number of halogens is 2. The van der Waals surface area contributed by atoms with E-state index >= 15 is 0 Å². The maximum Gasteiger partial charge on any atom is 0.148 e. The molecule has 0 heterocycles. The summed E-state index contributed by atoms with van der Waals surface area (Å²) in [6.07, 6.45) is 1.43. The first kappa shape index (κ1) is 6.75. The summed E-state index contributed by atoms with van der Waals surface area (Å²) in [5.41, 5.74) is 0. The van der Waals surface area contributed by atoms with Crippen molar-refractivity contribution in [2.75, 3.05) is 0 Å². The van der Waals surface area contributed by atoms with Crippen LogP contribution in [0.3, 0.4) is 0 Å². The van der Waals surface area contributed by atoms with E-state index < -0.39 is 4.07 Å². The molecule has 1 unspecified atom stereocenters. The highest BCUT2D eigenvalue weighted by Gasteiger charge is 2.07. The molecule has 0 aliphatic rings. The third-order valence-corrected chi connectivity index (χ3v) is 0.816. The molecule has 0 saturated heterocycles. The number of alkyl halides is 2. The predicted octanol–water partition coefficient (Wildman–Crippen LogP) is 2.18. The van der Waals surface area contributed by atoms with E-state index in [1.54, 1.807) is 0 Å². The van der Waals surface area contributed by atoms with Crippen molar-refractivity contribution in [3.8, 4) is 0 Å². The summed E-state index contributed by atoms with van der Waals surface area (Å²) in [6, 6.07) is 0. The van der Waals surface area contributed by atoms with E-state index in [0.717, 1.165) is 0 Å². The summed E-state index contributed by atoms with van der Waals surface area (Å²) >= 11 is 10.7. The summed E-state index contributed by atoms with van der Waals surface area (Å²) in [5.74, 6) is 0. The van der Waals surface area contributed by atoms with Gasteiger partial charge in [0.1, 0.15) is 4.07 Å². The Bertz CT molecular complexity index is 54.3. The largest absolute Gasteiger partial charge is 0.148 e. The molecule has 36 valence electrons. The molecule has 0 aliphatic heterocycles. The fraction of sp³-hybridized carbons (Fsp3) is 0.333. The summed E-state index contributed by atoms with van der Waals surface area (Å²) in [6.45, 7) is 3.35. The molecule has 0 aromatic carbocycles. The quantitative estimate of drug-likeness (QED) is 0.299. The highest BCUT2D eigenvalue weighted by Crippen LogP contribution is 2.28. The van der Waals surface area contributed by atoms with Gasteiger partial charge in [0, 0.05) is 0 Å². The molecular formula is C3H5Cl2P. The minimum atomic E-state index is -0.833. The van der Waals surface area contributed by atoms with Crippen LogP contribution in [0.1, 0.15) is 0 Å². The molecule has 0 amide bonds. The van der Waals surface area contributed by atoms with Gasteiger partial charge < -0.3 is 0 Å². The minimum Gasteiger partial charge on any atom is -0.0998 e. The smallest absolute Gasteiger partial charge is 0.0998 e. The van der Waals surface area contributed by atoms with Crippen LogP contribution in [-0.2, 0) is 0 Å². The van der Waals surface area contributed by atoms with Crippen LogP contribution in [0, 0.1) is 0 Å². The van der Waals surface area contributed by atoms with E-state index in [4.69, 9.17) is 23.2 Å². The second-order valence-electron chi connectivity index (χ2n) is 0.879. The fourth-order valence-corrected chi connectivity index (χ4v) is 0. The van der Waals surface area contributed by atoms with Gasteiger partial charge in [-0.05, 0) is 0 Å². The topological polar surface area (TPSA) is 0 Å². The van der Waals surface area contributed by atoms with Crippen LogP contribution in [0.2, 0.25) is 0 Å². The minimum absolute atomic E-state index is 0.833. The van der Waals surface area contributed by atoms with Gasteiger partial charge in [0.2, 0.25) is 0 Å². The average molecular weight is 143 g/mol. The lowest BCUT2D eigenvalue weighted by Crippen LogP contribution is -1.89. The highest BCUT2D eigenvalue weighted by molar-refractivity contribution is 7.27. The van der Waals surface area contributed by atoms with Crippen LogP contribution in [0.5, 0.6) is 0 Å². The summed E-state index contributed by atoms with van der Waals surface area (Å²) in [7, 11) is 2.20. The van der Waals surface area contributed by atoms with Crippen LogP contribution in [0.4, 0.5) is 0 Å². The Balaban J connectivity index is 3.45. The van der Waals surface area contributed by atoms with Crippen molar-refractivity contribution in [2.45, 2.75) is 4.07 Å². The second kappa shape index (κ2) is 2.16. The molecule has 3 heteroatoms. The first-order valence-electron chi connectivity index (χ1n) is 1.36. The first-order valence-corrected chi connectivity index (χ1v) is 2.70. The van der Waals surface area contributed by atoms with Gasteiger partial charge in [0.25, 0.3) is 0 Å².